The van der Waals surface area contributed by atoms with Crippen molar-refractivity contribution >= 4 is 18.2 Å². The normalized spacial score (nSPS) is 32.8. The second-order valence-corrected chi connectivity index (χ2v) is 15.4. The Labute approximate surface area is 299 Å². The Bertz CT molecular complexity index is 1200. The van der Waals surface area contributed by atoms with Gasteiger partial charge in [0.05, 0.1) is 19.1 Å². The Morgan fingerprint density at radius 3 is 2.36 bits per heavy atom. The Morgan fingerprint density at radius 2 is 1.70 bits per heavy atom. The average molecular weight is 702 g/mol. The van der Waals surface area contributed by atoms with Crippen LogP contribution in [0.5, 0.6) is 0 Å². The molecular formula is C39H63N3O8. The highest BCUT2D eigenvalue weighted by Crippen LogP contribution is 2.28. The van der Waals surface area contributed by atoms with Crippen LogP contribution in [0, 0.1) is 11.8 Å². The zero-order valence-electron chi connectivity index (χ0n) is 31.1. The van der Waals surface area contributed by atoms with E-state index in [1.165, 1.54) is 38.5 Å². The van der Waals surface area contributed by atoms with Crippen molar-refractivity contribution < 1.29 is 38.8 Å². The second kappa shape index (κ2) is 19.1. The number of allylic oxidation sites excluding steroid dienone is 2. The summed E-state index contributed by atoms with van der Waals surface area (Å²) < 4.78 is 17.4. The van der Waals surface area contributed by atoms with Crippen molar-refractivity contribution in [1.82, 2.24) is 14.7 Å². The molecule has 3 aliphatic heterocycles. The van der Waals surface area contributed by atoms with Crippen LogP contribution in [-0.4, -0.2) is 118 Å². The van der Waals surface area contributed by atoms with Crippen molar-refractivity contribution in [2.45, 2.75) is 141 Å². The van der Waals surface area contributed by atoms with Gasteiger partial charge in [0, 0.05) is 56.6 Å². The molecule has 3 heterocycles. The number of aliphatic hydroxyl groups is 2. The van der Waals surface area contributed by atoms with Crippen molar-refractivity contribution in [2.75, 3.05) is 39.3 Å². The molecule has 50 heavy (non-hydrogen) atoms. The van der Waals surface area contributed by atoms with Crippen LogP contribution < -0.4 is 0 Å². The van der Waals surface area contributed by atoms with Gasteiger partial charge in [0.15, 0.2) is 6.10 Å². The first kappa shape index (κ1) is 39.9. The standard InChI is InChI=1S/C39H63N3O8/c1-28(27-48-38(46)42-21-11-14-31(42)4)12-10-13-29(2)36-30(3)17-18-34(39(5,47)20-19-33(43)26-35(44)50-36)49-37(45)41-24-22-40(23-25-41)32-15-8-6-7-9-16-32/h10,12-13,17-18,28,30-34,36,43,47H,6-9,11,14-16,19-27H2,1-5H3/b12-10+,18-17+,29-13+/t28-,30+,31+,33+,34-,36-,39+/m1/s1. The predicted octanol–water partition coefficient (Wildman–Crippen LogP) is 5.99. The predicted molar refractivity (Wildman–Crippen MR) is 192 cm³/mol. The Balaban J connectivity index is 1.39. The van der Waals surface area contributed by atoms with Gasteiger partial charge in [-0.15, -0.1) is 0 Å². The quantitative estimate of drug-likeness (QED) is 0.108. The highest BCUT2D eigenvalue weighted by Gasteiger charge is 2.37. The number of aliphatic hydroxyl groups excluding tert-OH is 1. The van der Waals surface area contributed by atoms with Crippen molar-refractivity contribution in [3.63, 3.8) is 0 Å². The molecule has 0 bridgehead atoms. The molecule has 0 aromatic heterocycles. The molecule has 2 amide bonds. The van der Waals surface area contributed by atoms with Crippen molar-refractivity contribution in [2.24, 2.45) is 11.8 Å². The molecular weight excluding hydrogens is 638 g/mol. The number of esters is 1. The number of amides is 2. The fourth-order valence-electron chi connectivity index (χ4n) is 7.56. The van der Waals surface area contributed by atoms with Gasteiger partial charge < -0.3 is 34.2 Å². The molecule has 0 unspecified atom stereocenters. The molecule has 2 N–H and O–H groups in total. The summed E-state index contributed by atoms with van der Waals surface area (Å²) in [7, 11) is 0. The number of cyclic esters (lactones) is 1. The third-order valence-corrected chi connectivity index (χ3v) is 11.0. The van der Waals surface area contributed by atoms with E-state index in [-0.39, 0.29) is 49.8 Å². The molecule has 0 aromatic rings. The van der Waals surface area contributed by atoms with E-state index in [0.29, 0.717) is 19.1 Å². The second-order valence-electron chi connectivity index (χ2n) is 15.4. The lowest BCUT2D eigenvalue weighted by Crippen LogP contribution is -2.53. The van der Waals surface area contributed by atoms with Gasteiger partial charge in [0.1, 0.15) is 11.7 Å². The summed E-state index contributed by atoms with van der Waals surface area (Å²) in [5, 5.41) is 22.2. The minimum Gasteiger partial charge on any atom is -0.457 e. The van der Waals surface area contributed by atoms with E-state index in [1.807, 2.05) is 52.0 Å². The summed E-state index contributed by atoms with van der Waals surface area (Å²) >= 11 is 0. The molecule has 7 atom stereocenters. The van der Waals surface area contributed by atoms with Crippen LogP contribution >= 0.6 is 0 Å². The van der Waals surface area contributed by atoms with Gasteiger partial charge in [-0.05, 0) is 70.9 Å². The largest absolute Gasteiger partial charge is 0.457 e. The molecule has 4 aliphatic rings. The van der Waals surface area contributed by atoms with E-state index in [2.05, 4.69) is 4.90 Å². The van der Waals surface area contributed by atoms with Gasteiger partial charge >= 0.3 is 18.2 Å². The maximum absolute atomic E-state index is 13.4. The summed E-state index contributed by atoms with van der Waals surface area (Å²) in [5.41, 5.74) is -0.687. The Morgan fingerprint density at radius 1 is 1.00 bits per heavy atom. The number of hydrogen-bond donors (Lipinski definition) is 2. The molecule has 3 fully saturated rings. The summed E-state index contributed by atoms with van der Waals surface area (Å²) in [5.74, 6) is -0.882. The van der Waals surface area contributed by atoms with Crippen molar-refractivity contribution in [3.05, 3.63) is 36.0 Å². The van der Waals surface area contributed by atoms with Crippen LogP contribution in [0.25, 0.3) is 0 Å². The summed E-state index contributed by atoms with van der Waals surface area (Å²) in [6.07, 6.45) is 15.5. The van der Waals surface area contributed by atoms with Crippen LogP contribution in [0.4, 0.5) is 9.59 Å². The highest BCUT2D eigenvalue weighted by molar-refractivity contribution is 5.70. The number of carbonyl (C=O) groups excluding carboxylic acids is 3. The van der Waals surface area contributed by atoms with Crippen LogP contribution in [0.1, 0.15) is 105 Å². The van der Waals surface area contributed by atoms with Crippen LogP contribution in [0.2, 0.25) is 0 Å². The number of ether oxygens (including phenoxy) is 3. The Kier molecular flexibility index (Phi) is 15.2. The van der Waals surface area contributed by atoms with Crippen LogP contribution in [0.3, 0.4) is 0 Å². The summed E-state index contributed by atoms with van der Waals surface area (Å²) in [6.45, 7) is 13.2. The van der Waals surface area contributed by atoms with Gasteiger partial charge in [0.2, 0.25) is 0 Å². The van der Waals surface area contributed by atoms with Gasteiger partial charge in [-0.25, -0.2) is 9.59 Å². The fourth-order valence-corrected chi connectivity index (χ4v) is 7.56. The van der Waals surface area contributed by atoms with Gasteiger partial charge in [-0.1, -0.05) is 63.8 Å². The number of rotatable bonds is 7. The first-order valence-electron chi connectivity index (χ1n) is 19.1. The lowest BCUT2D eigenvalue weighted by atomic mass is 9.89. The van der Waals surface area contributed by atoms with Crippen molar-refractivity contribution in [3.8, 4) is 0 Å². The molecule has 0 radical (unpaired) electrons. The molecule has 282 valence electrons. The van der Waals surface area contributed by atoms with Gasteiger partial charge in [0.25, 0.3) is 0 Å². The molecule has 4 rings (SSSR count). The molecule has 11 nitrogen and oxygen atoms in total. The Hall–Kier alpha value is -2.89. The molecule has 1 saturated carbocycles. The maximum atomic E-state index is 13.4. The molecule has 2 saturated heterocycles. The smallest absolute Gasteiger partial charge is 0.410 e. The van der Waals surface area contributed by atoms with Gasteiger partial charge in [-0.3, -0.25) is 9.69 Å². The molecule has 11 heteroatoms. The third kappa shape index (κ3) is 11.8. The number of carbonyl (C=O) groups is 3. The molecule has 1 aliphatic carbocycles. The van der Waals surface area contributed by atoms with E-state index >= 15 is 0 Å². The van der Waals surface area contributed by atoms with E-state index in [9.17, 15) is 24.6 Å². The highest BCUT2D eigenvalue weighted by atomic mass is 16.6. The maximum Gasteiger partial charge on any atom is 0.410 e. The fraction of sp³-hybridized carbons (Fsp3) is 0.769. The minimum atomic E-state index is -1.46. The van der Waals surface area contributed by atoms with Crippen LogP contribution in [0.15, 0.2) is 36.0 Å². The van der Waals surface area contributed by atoms with Crippen molar-refractivity contribution in [1.29, 1.82) is 0 Å². The van der Waals surface area contributed by atoms with E-state index in [1.54, 1.807) is 22.8 Å². The zero-order valence-corrected chi connectivity index (χ0v) is 31.1. The lowest BCUT2D eigenvalue weighted by Gasteiger charge is -2.40. The lowest BCUT2D eigenvalue weighted by molar-refractivity contribution is -0.151. The first-order chi connectivity index (χ1) is 23.8. The third-order valence-electron chi connectivity index (χ3n) is 11.0. The van der Waals surface area contributed by atoms with Gasteiger partial charge in [-0.2, -0.15) is 0 Å². The topological polar surface area (TPSA) is 129 Å². The zero-order chi connectivity index (χ0) is 36.3. The molecule has 0 aromatic carbocycles. The van der Waals surface area contributed by atoms with E-state index in [0.717, 1.165) is 38.0 Å². The first-order valence-corrected chi connectivity index (χ1v) is 19.1. The van der Waals surface area contributed by atoms with E-state index < -0.39 is 36.0 Å². The molecule has 0 spiro atoms. The SMILES string of the molecule is C/C(=C\C=C\[C@@H](C)COC(=O)N1CCC[C@@H]1C)[C@H]1OC(=O)C[C@@H](O)CC[C@](C)(O)[C@H](OC(=O)N2CCN(C3CCCCCC3)CC2)/C=C/[C@@H]1C. The number of hydrogen-bond acceptors (Lipinski definition) is 9. The monoisotopic (exact) mass is 701 g/mol. The summed E-state index contributed by atoms with van der Waals surface area (Å²) in [4.78, 5) is 44.8. The number of nitrogens with zero attached hydrogens (tertiary/aromatic N) is 3. The summed E-state index contributed by atoms with van der Waals surface area (Å²) in [6, 6.07) is 0.792. The minimum absolute atomic E-state index is 0.0234. The number of piperazine rings is 1. The average Bonchev–Trinajstić information content (AvgIpc) is 3.33. The van der Waals surface area contributed by atoms with E-state index in [4.69, 9.17) is 14.2 Å². The van der Waals surface area contributed by atoms with Crippen LogP contribution in [-0.2, 0) is 19.0 Å². The number of likely N-dealkylation sites (tertiary alicyclic amines) is 1.